The first-order valence-electron chi connectivity index (χ1n) is 9.10. The van der Waals surface area contributed by atoms with E-state index in [2.05, 4.69) is 17.1 Å². The molecule has 1 amide bonds. The second-order valence-electron chi connectivity index (χ2n) is 7.04. The maximum atomic E-state index is 12.1. The third-order valence-corrected chi connectivity index (χ3v) is 5.13. The number of hydrogen-bond acceptors (Lipinski definition) is 4. The number of nitrogens with one attached hydrogen (secondary N) is 1. The number of amides is 1. The van der Waals surface area contributed by atoms with Crippen molar-refractivity contribution in [3.05, 3.63) is 24.3 Å². The molecule has 2 N–H and O–H groups in total. The molecule has 0 bridgehead atoms. The maximum absolute atomic E-state index is 12.1. The number of aliphatic hydroxyl groups is 1. The number of benzene rings is 1. The second kappa shape index (κ2) is 7.99. The highest BCUT2D eigenvalue weighted by Gasteiger charge is 2.25. The monoisotopic (exact) mass is 332 g/mol. The lowest BCUT2D eigenvalue weighted by Crippen LogP contribution is -2.35. The number of carbonyl (C=O) groups is 1. The Hall–Kier alpha value is -1.59. The van der Waals surface area contributed by atoms with E-state index in [0.29, 0.717) is 12.6 Å². The molecule has 1 saturated carbocycles. The van der Waals surface area contributed by atoms with E-state index in [9.17, 15) is 9.90 Å². The van der Waals surface area contributed by atoms with E-state index in [1.807, 2.05) is 24.3 Å². The molecule has 3 atom stereocenters. The van der Waals surface area contributed by atoms with E-state index in [4.69, 9.17) is 4.74 Å². The van der Waals surface area contributed by atoms with Crippen LogP contribution in [0.5, 0.6) is 5.75 Å². The zero-order valence-electron chi connectivity index (χ0n) is 14.4. The minimum Gasteiger partial charge on any atom is -0.488 e. The van der Waals surface area contributed by atoms with Crippen molar-refractivity contribution in [2.45, 2.75) is 63.7 Å². The minimum absolute atomic E-state index is 0.0279. The highest BCUT2D eigenvalue weighted by Crippen LogP contribution is 2.25. The molecular weight excluding hydrogens is 304 g/mol. The van der Waals surface area contributed by atoms with Gasteiger partial charge in [0.25, 0.3) is 0 Å². The van der Waals surface area contributed by atoms with Crippen LogP contribution in [0.4, 0.5) is 5.69 Å². The second-order valence-corrected chi connectivity index (χ2v) is 7.04. The van der Waals surface area contributed by atoms with E-state index in [1.165, 1.54) is 12.8 Å². The summed E-state index contributed by atoms with van der Waals surface area (Å²) >= 11 is 0. The SMILES string of the molecule is CC1CCCN1CC(=O)Nc1ccc(OC2CCCCC2O)cc1. The van der Waals surface area contributed by atoms with Crippen LogP contribution in [-0.2, 0) is 4.79 Å². The quantitative estimate of drug-likeness (QED) is 0.870. The van der Waals surface area contributed by atoms with Crippen molar-refractivity contribution in [3.8, 4) is 5.75 Å². The predicted octanol–water partition coefficient (Wildman–Crippen LogP) is 2.79. The molecule has 0 spiro atoms. The van der Waals surface area contributed by atoms with Gasteiger partial charge >= 0.3 is 0 Å². The summed E-state index contributed by atoms with van der Waals surface area (Å²) in [7, 11) is 0. The number of anilines is 1. The number of likely N-dealkylation sites (tertiary alicyclic amines) is 1. The van der Waals surface area contributed by atoms with E-state index < -0.39 is 0 Å². The van der Waals surface area contributed by atoms with Gasteiger partial charge in [0.1, 0.15) is 11.9 Å². The van der Waals surface area contributed by atoms with Gasteiger partial charge in [-0.1, -0.05) is 6.42 Å². The highest BCUT2D eigenvalue weighted by atomic mass is 16.5. The highest BCUT2D eigenvalue weighted by molar-refractivity contribution is 5.92. The maximum Gasteiger partial charge on any atom is 0.238 e. The van der Waals surface area contributed by atoms with Gasteiger partial charge in [-0.05, 0) is 69.8 Å². The van der Waals surface area contributed by atoms with Crippen LogP contribution in [0.3, 0.4) is 0 Å². The Balaban J connectivity index is 1.49. The van der Waals surface area contributed by atoms with Crippen LogP contribution in [0.15, 0.2) is 24.3 Å². The van der Waals surface area contributed by atoms with Crippen LogP contribution in [0.25, 0.3) is 0 Å². The molecule has 1 aliphatic heterocycles. The van der Waals surface area contributed by atoms with E-state index in [0.717, 1.165) is 43.7 Å². The molecule has 1 aliphatic carbocycles. The molecule has 5 heteroatoms. The zero-order chi connectivity index (χ0) is 16.9. The van der Waals surface area contributed by atoms with Crippen LogP contribution < -0.4 is 10.1 Å². The Bertz CT molecular complexity index is 546. The van der Waals surface area contributed by atoms with Gasteiger partial charge in [-0.3, -0.25) is 9.69 Å². The van der Waals surface area contributed by atoms with Crippen molar-refractivity contribution in [3.63, 3.8) is 0 Å². The van der Waals surface area contributed by atoms with Crippen LogP contribution in [0, 0.1) is 0 Å². The fourth-order valence-electron chi connectivity index (χ4n) is 3.62. The Labute approximate surface area is 144 Å². The van der Waals surface area contributed by atoms with Gasteiger partial charge in [0.2, 0.25) is 5.91 Å². The standard InChI is InChI=1S/C19H28N2O3/c1-14-5-4-12-21(14)13-19(23)20-15-8-10-16(11-9-15)24-18-7-3-2-6-17(18)22/h8-11,14,17-18,22H,2-7,12-13H2,1H3,(H,20,23). The van der Waals surface area contributed by atoms with E-state index in [-0.39, 0.29) is 18.1 Å². The molecular formula is C19H28N2O3. The lowest BCUT2D eigenvalue weighted by atomic mass is 9.95. The summed E-state index contributed by atoms with van der Waals surface area (Å²) in [6, 6.07) is 7.92. The van der Waals surface area contributed by atoms with Gasteiger partial charge in [-0.15, -0.1) is 0 Å². The molecule has 1 saturated heterocycles. The molecule has 1 aromatic rings. The lowest BCUT2D eigenvalue weighted by molar-refractivity contribution is -0.117. The number of hydrogen-bond donors (Lipinski definition) is 2. The number of nitrogens with zero attached hydrogens (tertiary/aromatic N) is 1. The Kier molecular flexibility index (Phi) is 5.74. The van der Waals surface area contributed by atoms with Crippen molar-refractivity contribution in [2.24, 2.45) is 0 Å². The molecule has 3 unspecified atom stereocenters. The summed E-state index contributed by atoms with van der Waals surface area (Å²) in [6.07, 6.45) is 5.74. The third kappa shape index (κ3) is 4.48. The van der Waals surface area contributed by atoms with Crippen molar-refractivity contribution in [2.75, 3.05) is 18.4 Å². The molecule has 1 heterocycles. The minimum atomic E-state index is -0.374. The smallest absolute Gasteiger partial charge is 0.238 e. The van der Waals surface area contributed by atoms with Gasteiger partial charge in [0.05, 0.1) is 12.6 Å². The molecule has 1 aromatic carbocycles. The summed E-state index contributed by atoms with van der Waals surface area (Å²) in [5.74, 6) is 0.771. The molecule has 3 rings (SSSR count). The van der Waals surface area contributed by atoms with Crippen molar-refractivity contribution in [1.82, 2.24) is 4.90 Å². The van der Waals surface area contributed by atoms with Crippen molar-refractivity contribution in [1.29, 1.82) is 0 Å². The topological polar surface area (TPSA) is 61.8 Å². The number of aliphatic hydroxyl groups excluding tert-OH is 1. The van der Waals surface area contributed by atoms with Crippen LogP contribution >= 0.6 is 0 Å². The molecule has 132 valence electrons. The zero-order valence-corrected chi connectivity index (χ0v) is 14.4. The first kappa shape index (κ1) is 17.2. The summed E-state index contributed by atoms with van der Waals surface area (Å²) in [4.78, 5) is 14.4. The predicted molar refractivity (Wildman–Crippen MR) is 94.2 cm³/mol. The summed E-state index contributed by atoms with van der Waals surface area (Å²) in [5, 5.41) is 12.9. The van der Waals surface area contributed by atoms with Gasteiger partial charge in [0.15, 0.2) is 0 Å². The average Bonchev–Trinajstić information content (AvgIpc) is 2.96. The fourth-order valence-corrected chi connectivity index (χ4v) is 3.62. The summed E-state index contributed by atoms with van der Waals surface area (Å²) in [5.41, 5.74) is 0.781. The van der Waals surface area contributed by atoms with Crippen LogP contribution in [0.2, 0.25) is 0 Å². The number of rotatable bonds is 5. The Morgan fingerprint density at radius 3 is 2.62 bits per heavy atom. The molecule has 0 aromatic heterocycles. The number of ether oxygens (including phenoxy) is 1. The fraction of sp³-hybridized carbons (Fsp3) is 0.632. The van der Waals surface area contributed by atoms with Gasteiger partial charge in [0, 0.05) is 11.7 Å². The first-order chi connectivity index (χ1) is 11.6. The largest absolute Gasteiger partial charge is 0.488 e. The van der Waals surface area contributed by atoms with E-state index >= 15 is 0 Å². The molecule has 24 heavy (non-hydrogen) atoms. The lowest BCUT2D eigenvalue weighted by Gasteiger charge is -2.28. The van der Waals surface area contributed by atoms with Gasteiger partial charge < -0.3 is 15.2 Å². The van der Waals surface area contributed by atoms with Crippen LogP contribution in [-0.4, -0.2) is 47.3 Å². The van der Waals surface area contributed by atoms with Crippen molar-refractivity contribution < 1.29 is 14.6 Å². The first-order valence-corrected chi connectivity index (χ1v) is 9.10. The average molecular weight is 332 g/mol. The summed E-state index contributed by atoms with van der Waals surface area (Å²) in [6.45, 7) is 3.63. The van der Waals surface area contributed by atoms with Crippen LogP contribution in [0.1, 0.15) is 45.4 Å². The normalized spacial score (nSPS) is 27.8. The molecule has 2 fully saturated rings. The Morgan fingerprint density at radius 1 is 1.21 bits per heavy atom. The van der Waals surface area contributed by atoms with Gasteiger partial charge in [-0.25, -0.2) is 0 Å². The Morgan fingerprint density at radius 2 is 1.96 bits per heavy atom. The van der Waals surface area contributed by atoms with Crippen molar-refractivity contribution >= 4 is 11.6 Å². The van der Waals surface area contributed by atoms with Gasteiger partial charge in [-0.2, -0.15) is 0 Å². The molecule has 5 nitrogen and oxygen atoms in total. The molecule has 2 aliphatic rings. The number of carbonyl (C=O) groups excluding carboxylic acids is 1. The van der Waals surface area contributed by atoms with E-state index in [1.54, 1.807) is 0 Å². The summed E-state index contributed by atoms with van der Waals surface area (Å²) < 4.78 is 5.88. The third-order valence-electron chi connectivity index (χ3n) is 5.13. The molecule has 0 radical (unpaired) electrons.